The Bertz CT molecular complexity index is 1080. The normalized spacial score (nSPS) is 20.4. The monoisotopic (exact) mass is 438 g/mol. The molecule has 31 heavy (non-hydrogen) atoms. The Morgan fingerprint density at radius 2 is 1.90 bits per heavy atom. The summed E-state index contributed by atoms with van der Waals surface area (Å²) >= 11 is 1.52. The van der Waals surface area contributed by atoms with Crippen LogP contribution in [-0.4, -0.2) is 50.8 Å². The summed E-state index contributed by atoms with van der Waals surface area (Å²) in [5.74, 6) is -1.45. The molecule has 0 unspecified atom stereocenters. The van der Waals surface area contributed by atoms with Gasteiger partial charge in [0.05, 0.1) is 5.97 Å². The molecule has 1 aromatic carbocycles. The van der Waals surface area contributed by atoms with Gasteiger partial charge in [0.1, 0.15) is 11.4 Å². The van der Waals surface area contributed by atoms with Gasteiger partial charge in [0.2, 0.25) is 0 Å². The number of carboxylic acids is 1. The van der Waals surface area contributed by atoms with Gasteiger partial charge < -0.3 is 25.3 Å². The number of rotatable bonds is 6. The van der Waals surface area contributed by atoms with E-state index in [1.54, 1.807) is 53.8 Å². The second-order valence-electron chi connectivity index (χ2n) is 7.05. The highest BCUT2D eigenvalue weighted by Gasteiger charge is 2.50. The fourth-order valence-corrected chi connectivity index (χ4v) is 4.67. The van der Waals surface area contributed by atoms with Gasteiger partial charge in [-0.15, -0.1) is 11.8 Å². The summed E-state index contributed by atoms with van der Waals surface area (Å²) in [6.07, 6.45) is 5.05. The van der Waals surface area contributed by atoms with Crippen molar-refractivity contribution < 1.29 is 29.3 Å². The van der Waals surface area contributed by atoms with E-state index in [1.807, 2.05) is 4.57 Å². The Morgan fingerprint density at radius 1 is 1.19 bits per heavy atom. The van der Waals surface area contributed by atoms with Gasteiger partial charge in [-0.2, -0.15) is 0 Å². The number of fused-ring (bicyclic) bond motifs is 1. The maximum Gasteiger partial charge on any atom is 0.274 e. The molecular formula is C21H18N4O5S. The van der Waals surface area contributed by atoms with Crippen LogP contribution >= 0.6 is 11.8 Å². The van der Waals surface area contributed by atoms with Crippen LogP contribution in [0.5, 0.6) is 0 Å². The summed E-state index contributed by atoms with van der Waals surface area (Å²) in [7, 11) is 0. The second-order valence-corrected chi connectivity index (χ2v) is 8.15. The van der Waals surface area contributed by atoms with Crippen LogP contribution in [0.3, 0.4) is 0 Å². The van der Waals surface area contributed by atoms with E-state index >= 15 is 0 Å². The van der Waals surface area contributed by atoms with Gasteiger partial charge in [0.25, 0.3) is 11.8 Å². The highest BCUT2D eigenvalue weighted by atomic mass is 32.2. The molecule has 2 aliphatic heterocycles. The highest BCUT2D eigenvalue weighted by Crippen LogP contribution is 2.36. The summed E-state index contributed by atoms with van der Waals surface area (Å²) in [5, 5.41) is 25.6. The molecule has 0 radical (unpaired) electrons. The van der Waals surface area contributed by atoms with Gasteiger partial charge in [-0.05, 0) is 0 Å². The Balaban J connectivity index is 1.39. The van der Waals surface area contributed by atoms with Gasteiger partial charge in [-0.3, -0.25) is 9.59 Å². The van der Waals surface area contributed by atoms with Gasteiger partial charge in [-0.25, -0.2) is 4.57 Å². The molecular weight excluding hydrogens is 420 g/mol. The third-order valence-corrected chi connectivity index (χ3v) is 6.38. The molecule has 9 nitrogen and oxygen atoms in total. The van der Waals surface area contributed by atoms with Crippen LogP contribution < -0.4 is 15.0 Å². The van der Waals surface area contributed by atoms with E-state index < -0.39 is 17.9 Å². The number of thioether (sulfide) groups is 1. The summed E-state index contributed by atoms with van der Waals surface area (Å²) in [6.45, 7) is 0.503. The maximum atomic E-state index is 12.6. The molecule has 2 aliphatic rings. The van der Waals surface area contributed by atoms with Crippen molar-refractivity contribution in [1.29, 1.82) is 0 Å². The SMILES string of the molecule is O=C(N[C@@H]1C(=O)N2C=C(C[n+]3ccc(C(=O)[O-])cc3)CS[C@@H]12)C(=NO)c1ccccc1. The molecule has 2 amide bonds. The average Bonchev–Trinajstić information content (AvgIpc) is 2.79. The van der Waals surface area contributed by atoms with E-state index in [0.29, 0.717) is 17.9 Å². The average molecular weight is 438 g/mol. The van der Waals surface area contributed by atoms with Crippen LogP contribution in [-0.2, 0) is 16.1 Å². The van der Waals surface area contributed by atoms with Crippen molar-refractivity contribution >= 4 is 35.3 Å². The molecule has 0 aliphatic carbocycles. The number of carbonyl (C=O) groups is 3. The van der Waals surface area contributed by atoms with Crippen LogP contribution in [0.1, 0.15) is 15.9 Å². The van der Waals surface area contributed by atoms with Crippen molar-refractivity contribution in [3.05, 3.63) is 77.8 Å². The lowest BCUT2D eigenvalue weighted by Crippen LogP contribution is -2.69. The number of nitrogens with zero attached hydrogens (tertiary/aromatic N) is 3. The number of nitrogens with one attached hydrogen (secondary N) is 1. The molecule has 1 aromatic heterocycles. The zero-order valence-corrected chi connectivity index (χ0v) is 17.0. The molecule has 2 N–H and O–H groups in total. The van der Waals surface area contributed by atoms with Crippen LogP contribution in [0.25, 0.3) is 0 Å². The first kappa shape index (κ1) is 20.6. The summed E-state index contributed by atoms with van der Waals surface area (Å²) in [5.41, 5.74) is 1.38. The van der Waals surface area contributed by atoms with E-state index in [2.05, 4.69) is 10.5 Å². The number of carboxylic acid groups (broad SMARTS) is 1. The summed E-state index contributed by atoms with van der Waals surface area (Å²) in [4.78, 5) is 37.5. The zero-order valence-electron chi connectivity index (χ0n) is 16.2. The van der Waals surface area contributed by atoms with E-state index in [1.165, 1.54) is 23.9 Å². The zero-order chi connectivity index (χ0) is 22.0. The lowest BCUT2D eigenvalue weighted by atomic mass is 10.0. The second kappa shape index (κ2) is 8.60. The minimum Gasteiger partial charge on any atom is -0.545 e. The first-order valence-corrected chi connectivity index (χ1v) is 10.4. The van der Waals surface area contributed by atoms with Gasteiger partial charge >= 0.3 is 0 Å². The number of amides is 2. The Kier molecular flexibility index (Phi) is 5.72. The fraction of sp³-hybridized carbons (Fsp3) is 0.190. The number of carbonyl (C=O) groups excluding carboxylic acids is 3. The molecule has 158 valence electrons. The largest absolute Gasteiger partial charge is 0.545 e. The molecule has 0 saturated carbocycles. The standard InChI is InChI=1S/C21H18N4O5S/c26-18(16(23-30)14-4-2-1-3-5-14)22-17-19(27)25-11-13(12-31-20(17)25)10-24-8-6-15(7-9-24)21(28)29/h1-9,11,17,20H,10,12H2,(H2-,22,26,28,29,30)/t17-,20+/m1/s1. The van der Waals surface area contributed by atoms with Crippen molar-refractivity contribution in [2.24, 2.45) is 5.16 Å². The summed E-state index contributed by atoms with van der Waals surface area (Å²) in [6, 6.07) is 10.7. The fourth-order valence-electron chi connectivity index (χ4n) is 3.42. The first-order chi connectivity index (χ1) is 15.0. The molecule has 3 heterocycles. The van der Waals surface area contributed by atoms with Crippen LogP contribution in [0, 0.1) is 0 Å². The first-order valence-electron chi connectivity index (χ1n) is 9.40. The molecule has 2 atom stereocenters. The smallest absolute Gasteiger partial charge is 0.274 e. The number of aromatic nitrogens is 1. The minimum atomic E-state index is -1.23. The Morgan fingerprint density at radius 3 is 2.55 bits per heavy atom. The molecule has 10 heteroatoms. The molecule has 0 spiro atoms. The number of oxime groups is 1. The molecule has 4 rings (SSSR count). The van der Waals surface area contributed by atoms with Crippen LogP contribution in [0.15, 0.2) is 71.8 Å². The molecule has 1 fully saturated rings. The molecule has 2 aromatic rings. The van der Waals surface area contributed by atoms with Gasteiger partial charge in [-0.1, -0.05) is 35.5 Å². The number of hydrogen-bond donors (Lipinski definition) is 2. The number of benzene rings is 1. The maximum absolute atomic E-state index is 12.6. The van der Waals surface area contributed by atoms with Crippen molar-refractivity contribution in [3.63, 3.8) is 0 Å². The number of β-lactam (4-membered cyclic amide) rings is 1. The lowest BCUT2D eigenvalue weighted by Gasteiger charge is -2.47. The number of aromatic carboxylic acids is 1. The highest BCUT2D eigenvalue weighted by molar-refractivity contribution is 8.00. The third-order valence-electron chi connectivity index (χ3n) is 5.00. The number of hydrogen-bond acceptors (Lipinski definition) is 7. The van der Waals surface area contributed by atoms with E-state index in [9.17, 15) is 24.7 Å². The molecule has 0 bridgehead atoms. The predicted octanol–water partition coefficient (Wildman–Crippen LogP) is -0.500. The minimum absolute atomic E-state index is 0.0982. The van der Waals surface area contributed by atoms with Crippen molar-refractivity contribution in [2.75, 3.05) is 5.75 Å². The topological polar surface area (TPSA) is 126 Å². The van der Waals surface area contributed by atoms with E-state index in [4.69, 9.17) is 0 Å². The lowest BCUT2D eigenvalue weighted by molar-refractivity contribution is -0.689. The molecule has 1 saturated heterocycles. The van der Waals surface area contributed by atoms with E-state index in [0.717, 1.165) is 5.57 Å². The van der Waals surface area contributed by atoms with Crippen molar-refractivity contribution in [2.45, 2.75) is 18.0 Å². The van der Waals surface area contributed by atoms with Crippen LogP contribution in [0.2, 0.25) is 0 Å². The Labute approximate surface area is 181 Å². The predicted molar refractivity (Wildman–Crippen MR) is 109 cm³/mol. The Hall–Kier alpha value is -3.66. The quantitative estimate of drug-likeness (QED) is 0.206. The van der Waals surface area contributed by atoms with Gasteiger partial charge in [0.15, 0.2) is 24.7 Å². The summed E-state index contributed by atoms with van der Waals surface area (Å²) < 4.78 is 1.81. The third kappa shape index (κ3) is 4.15. The van der Waals surface area contributed by atoms with Gasteiger partial charge in [0, 0.05) is 40.8 Å². The van der Waals surface area contributed by atoms with Crippen molar-refractivity contribution in [1.82, 2.24) is 10.2 Å². The number of pyridine rings is 1. The van der Waals surface area contributed by atoms with E-state index in [-0.39, 0.29) is 22.6 Å². The van der Waals surface area contributed by atoms with Crippen molar-refractivity contribution in [3.8, 4) is 0 Å². The van der Waals surface area contributed by atoms with Crippen LogP contribution in [0.4, 0.5) is 0 Å².